The zero-order chi connectivity index (χ0) is 9.35. The summed E-state index contributed by atoms with van der Waals surface area (Å²) in [5.41, 5.74) is -2.87. The number of hydrogen-bond acceptors (Lipinski definition) is 3. The molecule has 0 amide bonds. The van der Waals surface area contributed by atoms with E-state index in [-0.39, 0.29) is 4.77 Å². The smallest absolute Gasteiger partial charge is 0.296 e. The molecule has 0 saturated heterocycles. The van der Waals surface area contributed by atoms with E-state index in [9.17, 15) is 18.0 Å². The first-order chi connectivity index (χ1) is 5.41. The van der Waals surface area contributed by atoms with Crippen molar-refractivity contribution in [2.24, 2.45) is 0 Å². The average molecular weight is 197 g/mol. The molecule has 0 bridgehead atoms. The van der Waals surface area contributed by atoms with E-state index >= 15 is 0 Å². The molecule has 0 atom stereocenters. The van der Waals surface area contributed by atoms with Gasteiger partial charge >= 0.3 is 6.18 Å². The summed E-state index contributed by atoms with van der Waals surface area (Å²) in [5, 5.41) is 4.59. The van der Waals surface area contributed by atoms with Crippen molar-refractivity contribution < 1.29 is 13.2 Å². The highest BCUT2D eigenvalue weighted by molar-refractivity contribution is 7.71. The molecule has 0 aliphatic carbocycles. The second-order valence-corrected chi connectivity index (χ2v) is 2.26. The molecule has 0 fully saturated rings. The van der Waals surface area contributed by atoms with Gasteiger partial charge in [0.15, 0.2) is 4.77 Å². The maximum atomic E-state index is 11.8. The van der Waals surface area contributed by atoms with E-state index in [1.165, 1.54) is 0 Å². The Kier molecular flexibility index (Phi) is 2.01. The lowest BCUT2D eigenvalue weighted by atomic mass is 10.4. The van der Waals surface area contributed by atoms with Gasteiger partial charge in [-0.05, 0) is 12.2 Å². The van der Waals surface area contributed by atoms with E-state index in [1.807, 2.05) is 5.10 Å². The Morgan fingerprint density at radius 2 is 2.00 bits per heavy atom. The van der Waals surface area contributed by atoms with Crippen molar-refractivity contribution in [1.29, 1.82) is 0 Å². The van der Waals surface area contributed by atoms with E-state index < -0.39 is 17.4 Å². The van der Waals surface area contributed by atoms with Crippen LogP contribution >= 0.6 is 12.2 Å². The zero-order valence-corrected chi connectivity index (χ0v) is 6.21. The van der Waals surface area contributed by atoms with Crippen molar-refractivity contribution in [3.63, 3.8) is 0 Å². The largest absolute Gasteiger partial charge is 0.440 e. The Hall–Kier alpha value is -1.18. The van der Waals surface area contributed by atoms with Crippen LogP contribution in [0.2, 0.25) is 0 Å². The van der Waals surface area contributed by atoms with Crippen molar-refractivity contribution in [1.82, 2.24) is 15.2 Å². The van der Waals surface area contributed by atoms with Crippen molar-refractivity contribution in [3.05, 3.63) is 20.8 Å². The summed E-state index contributed by atoms with van der Waals surface area (Å²) < 4.78 is 35.3. The van der Waals surface area contributed by atoms with Crippen LogP contribution in [0.15, 0.2) is 4.79 Å². The van der Waals surface area contributed by atoms with E-state index in [2.05, 4.69) is 17.3 Å². The summed E-state index contributed by atoms with van der Waals surface area (Å²) in [4.78, 5) is 12.3. The van der Waals surface area contributed by atoms with Crippen LogP contribution in [-0.4, -0.2) is 15.2 Å². The number of hydrogen-bond donors (Lipinski definition) is 2. The Morgan fingerprint density at radius 1 is 1.42 bits per heavy atom. The predicted molar refractivity (Wildman–Crippen MR) is 35.0 cm³/mol. The van der Waals surface area contributed by atoms with Crippen LogP contribution < -0.4 is 5.56 Å². The summed E-state index contributed by atoms with van der Waals surface area (Å²) >= 11 is 4.34. The Balaban J connectivity index is 3.39. The van der Waals surface area contributed by atoms with Gasteiger partial charge in [-0.15, -0.1) is 0 Å². The lowest BCUT2D eigenvalue weighted by molar-refractivity contribution is -0.143. The van der Waals surface area contributed by atoms with Crippen molar-refractivity contribution >= 4 is 12.2 Å². The summed E-state index contributed by atoms with van der Waals surface area (Å²) in [6.45, 7) is 0. The van der Waals surface area contributed by atoms with Gasteiger partial charge < -0.3 is 0 Å². The molecular formula is C4H2F3N3OS. The molecule has 0 unspecified atom stereocenters. The molecule has 0 saturated carbocycles. The van der Waals surface area contributed by atoms with Gasteiger partial charge in [0.05, 0.1) is 0 Å². The molecule has 0 aromatic carbocycles. The Bertz CT molecular complexity index is 392. The molecule has 0 aliphatic heterocycles. The molecule has 12 heavy (non-hydrogen) atoms. The monoisotopic (exact) mass is 197 g/mol. The van der Waals surface area contributed by atoms with Gasteiger partial charge in [0, 0.05) is 0 Å². The van der Waals surface area contributed by atoms with Gasteiger partial charge in [0.2, 0.25) is 5.69 Å². The second-order valence-electron chi connectivity index (χ2n) is 1.85. The molecule has 0 aliphatic rings. The van der Waals surface area contributed by atoms with Gasteiger partial charge in [-0.1, -0.05) is 0 Å². The Labute approximate surface area is 68.4 Å². The number of nitrogens with one attached hydrogen (secondary N) is 2. The molecule has 66 valence electrons. The number of H-pyrrole nitrogens is 2. The van der Waals surface area contributed by atoms with Crippen LogP contribution in [0.1, 0.15) is 5.69 Å². The van der Waals surface area contributed by atoms with Gasteiger partial charge in [-0.3, -0.25) is 14.9 Å². The van der Waals surface area contributed by atoms with E-state index in [1.54, 1.807) is 4.98 Å². The zero-order valence-electron chi connectivity index (χ0n) is 5.40. The number of alkyl halides is 3. The number of rotatable bonds is 0. The third-order valence-corrected chi connectivity index (χ3v) is 1.17. The SMILES string of the molecule is O=c1[nH]c(=S)[nH]nc1C(F)(F)F. The van der Waals surface area contributed by atoms with Crippen molar-refractivity contribution in [2.75, 3.05) is 0 Å². The van der Waals surface area contributed by atoms with E-state index in [0.29, 0.717) is 0 Å². The molecule has 1 heterocycles. The van der Waals surface area contributed by atoms with E-state index in [4.69, 9.17) is 0 Å². The predicted octanol–water partition coefficient (Wildman–Crippen LogP) is 0.846. The second kappa shape index (κ2) is 2.70. The van der Waals surface area contributed by atoms with Crippen molar-refractivity contribution in [3.8, 4) is 0 Å². The van der Waals surface area contributed by atoms with Crippen molar-refractivity contribution in [2.45, 2.75) is 6.18 Å². The maximum absolute atomic E-state index is 11.8. The highest BCUT2D eigenvalue weighted by Crippen LogP contribution is 2.23. The summed E-state index contributed by atoms with van der Waals surface area (Å²) in [5.74, 6) is 0. The molecular weight excluding hydrogens is 195 g/mol. The van der Waals surface area contributed by atoms with Crippen LogP contribution in [0.25, 0.3) is 0 Å². The third kappa shape index (κ3) is 1.70. The number of aromatic nitrogens is 3. The van der Waals surface area contributed by atoms with Gasteiger partial charge in [-0.25, -0.2) is 0 Å². The molecule has 0 spiro atoms. The van der Waals surface area contributed by atoms with Crippen LogP contribution in [0.3, 0.4) is 0 Å². The fourth-order valence-corrected chi connectivity index (χ4v) is 0.678. The summed E-state index contributed by atoms with van der Waals surface area (Å²) in [7, 11) is 0. The molecule has 1 aromatic rings. The number of aromatic amines is 2. The molecule has 1 aromatic heterocycles. The minimum Gasteiger partial charge on any atom is -0.296 e. The minimum atomic E-state index is -4.76. The first-order valence-corrected chi connectivity index (χ1v) is 3.08. The highest BCUT2D eigenvalue weighted by Gasteiger charge is 2.36. The fraction of sp³-hybridized carbons (Fsp3) is 0.250. The van der Waals surface area contributed by atoms with Crippen LogP contribution in [0.4, 0.5) is 13.2 Å². The van der Waals surface area contributed by atoms with Gasteiger partial charge in [0.1, 0.15) is 0 Å². The van der Waals surface area contributed by atoms with Crippen LogP contribution in [-0.2, 0) is 6.18 Å². The quantitative estimate of drug-likeness (QED) is 0.606. The van der Waals surface area contributed by atoms with E-state index in [0.717, 1.165) is 0 Å². The summed E-state index contributed by atoms with van der Waals surface area (Å²) in [6.07, 6.45) is -4.76. The standard InChI is InChI=1S/C4H2F3N3OS/c5-4(6,7)1-2(11)8-3(12)10-9-1/h(H2,8,10,11,12). The maximum Gasteiger partial charge on any atom is 0.440 e. The molecule has 1 rings (SSSR count). The first kappa shape index (κ1) is 8.91. The lowest BCUT2D eigenvalue weighted by Crippen LogP contribution is -2.24. The fourth-order valence-electron chi connectivity index (χ4n) is 0.540. The Morgan fingerprint density at radius 3 is 2.42 bits per heavy atom. The van der Waals surface area contributed by atoms with Crippen LogP contribution in [0.5, 0.6) is 0 Å². The molecule has 2 N–H and O–H groups in total. The topological polar surface area (TPSA) is 61.5 Å². The van der Waals surface area contributed by atoms with Gasteiger partial charge in [-0.2, -0.15) is 18.3 Å². The highest BCUT2D eigenvalue weighted by atomic mass is 32.1. The lowest BCUT2D eigenvalue weighted by Gasteiger charge is -2.01. The van der Waals surface area contributed by atoms with Gasteiger partial charge in [0.25, 0.3) is 5.56 Å². The summed E-state index contributed by atoms with van der Waals surface area (Å²) in [6, 6.07) is 0. The molecule has 8 heteroatoms. The number of halogens is 3. The number of nitrogens with zero attached hydrogens (tertiary/aromatic N) is 1. The van der Waals surface area contributed by atoms with Crippen LogP contribution in [0, 0.1) is 4.77 Å². The molecule has 0 radical (unpaired) electrons. The third-order valence-electron chi connectivity index (χ3n) is 0.980. The normalized spacial score (nSPS) is 11.6. The average Bonchev–Trinajstić information content (AvgIpc) is 1.83. The first-order valence-electron chi connectivity index (χ1n) is 2.67. The minimum absolute atomic E-state index is 0.243. The molecule has 4 nitrogen and oxygen atoms in total.